The number of aliphatic hydroxyl groups is 1. The number of rotatable bonds is 12. The molecule has 5 aromatic rings. The van der Waals surface area contributed by atoms with Crippen molar-refractivity contribution in [3.8, 4) is 33.9 Å². The van der Waals surface area contributed by atoms with Gasteiger partial charge in [-0.3, -0.25) is 13.9 Å². The van der Waals surface area contributed by atoms with Crippen molar-refractivity contribution in [3.05, 3.63) is 102 Å². The van der Waals surface area contributed by atoms with Crippen LogP contribution in [0.25, 0.3) is 33.4 Å². The van der Waals surface area contributed by atoms with E-state index in [1.165, 1.54) is 23.5 Å². The van der Waals surface area contributed by atoms with E-state index in [2.05, 4.69) is 10.6 Å². The summed E-state index contributed by atoms with van der Waals surface area (Å²) in [7, 11) is -2.26. The molecule has 1 heterocycles. The van der Waals surface area contributed by atoms with Gasteiger partial charge in [-0.2, -0.15) is 0 Å². The fourth-order valence-electron chi connectivity index (χ4n) is 5.35. The van der Waals surface area contributed by atoms with Crippen LogP contribution in [0, 0.1) is 11.2 Å². The fraction of sp³-hybridized carbons (Fsp3) is 0.282. The van der Waals surface area contributed by atoms with Gasteiger partial charge in [0.25, 0.3) is 11.8 Å². The summed E-state index contributed by atoms with van der Waals surface area (Å²) in [5, 5.41) is 15.5. The normalized spacial score (nSPS) is 11.4. The van der Waals surface area contributed by atoms with Crippen LogP contribution < -0.4 is 19.7 Å². The van der Waals surface area contributed by atoms with Gasteiger partial charge in [0, 0.05) is 66.4 Å². The first-order valence-corrected chi connectivity index (χ1v) is 18.4. The summed E-state index contributed by atoms with van der Waals surface area (Å²) in [6.07, 6.45) is 1.11. The molecule has 0 spiro atoms. The molecular formula is C39H44FN3O7S. The molecule has 3 N–H and O–H groups in total. The van der Waals surface area contributed by atoms with Crippen molar-refractivity contribution in [3.63, 3.8) is 0 Å². The first kappa shape index (κ1) is 38.6. The third kappa shape index (κ3) is 8.94. The van der Waals surface area contributed by atoms with Gasteiger partial charge in [0.15, 0.2) is 0 Å². The molecule has 0 atom stereocenters. The zero-order valence-electron chi connectivity index (χ0n) is 29.8. The second-order valence-corrected chi connectivity index (χ2v) is 14.3. The van der Waals surface area contributed by atoms with E-state index in [1.54, 1.807) is 79.7 Å². The summed E-state index contributed by atoms with van der Waals surface area (Å²) in [5.41, 5.74) is 2.16. The zero-order valence-corrected chi connectivity index (χ0v) is 30.7. The number of ether oxygens (including phenoxy) is 1. The first-order valence-electron chi connectivity index (χ1n) is 16.6. The van der Waals surface area contributed by atoms with Crippen LogP contribution in [0.15, 0.2) is 89.3 Å². The summed E-state index contributed by atoms with van der Waals surface area (Å²) >= 11 is 0. The lowest BCUT2D eigenvalue weighted by atomic mass is 9.94. The Balaban J connectivity index is 0.00000286. The van der Waals surface area contributed by atoms with E-state index in [4.69, 9.17) is 9.15 Å². The average molecular weight is 718 g/mol. The Kier molecular flexibility index (Phi) is 12.3. The predicted molar refractivity (Wildman–Crippen MR) is 199 cm³/mol. The van der Waals surface area contributed by atoms with Crippen LogP contribution in [0.3, 0.4) is 0 Å². The molecular weight excluding hydrogens is 674 g/mol. The van der Waals surface area contributed by atoms with Crippen molar-refractivity contribution >= 4 is 38.5 Å². The van der Waals surface area contributed by atoms with Crippen molar-refractivity contribution in [1.82, 2.24) is 10.6 Å². The summed E-state index contributed by atoms with van der Waals surface area (Å²) < 4.78 is 53.0. The molecule has 51 heavy (non-hydrogen) atoms. The van der Waals surface area contributed by atoms with Gasteiger partial charge in [-0.1, -0.05) is 45.9 Å². The highest BCUT2D eigenvalue weighted by Gasteiger charge is 2.27. The Morgan fingerprint density at radius 1 is 0.922 bits per heavy atom. The van der Waals surface area contributed by atoms with Crippen LogP contribution in [0.1, 0.15) is 55.3 Å². The second-order valence-electron chi connectivity index (χ2n) is 12.3. The number of hydrogen-bond donors (Lipinski definition) is 3. The minimum absolute atomic E-state index is 0.108. The van der Waals surface area contributed by atoms with Gasteiger partial charge >= 0.3 is 0 Å². The van der Waals surface area contributed by atoms with E-state index < -0.39 is 27.2 Å². The number of nitrogens with zero attached hydrogens (tertiary/aromatic N) is 1. The molecule has 0 saturated carbocycles. The number of amides is 2. The van der Waals surface area contributed by atoms with Crippen molar-refractivity contribution < 1.29 is 36.7 Å². The van der Waals surface area contributed by atoms with Crippen molar-refractivity contribution in [1.29, 1.82) is 0 Å². The standard InChI is InChI=1S/C37H38FN3O7S.C2H6/c1-6-41(49(5,45)46)31-20-32-30(19-29(31)24-9-7-10-25(17-24)35(43)40-21-37(2,3)22-42)33(36(44)39-4)34(48-32)23-13-15-27(16-14-23)47-28-12-8-11-26(38)18-28;1-2/h7-20,42H,6,21-22H2,1-5H3,(H,39,44)(H,40,43);1-2H3. The maximum atomic E-state index is 13.7. The number of benzene rings is 4. The van der Waals surface area contributed by atoms with E-state index in [1.807, 2.05) is 27.7 Å². The molecule has 1 aromatic heterocycles. The molecule has 0 saturated heterocycles. The van der Waals surface area contributed by atoms with Gasteiger partial charge in [0.2, 0.25) is 10.0 Å². The number of anilines is 1. The first-order chi connectivity index (χ1) is 24.2. The Morgan fingerprint density at radius 3 is 2.22 bits per heavy atom. The number of furan rings is 1. The number of sulfonamides is 1. The van der Waals surface area contributed by atoms with Crippen LogP contribution in [-0.2, 0) is 10.0 Å². The predicted octanol–water partition coefficient (Wildman–Crippen LogP) is 7.62. The van der Waals surface area contributed by atoms with Crippen LogP contribution in [0.4, 0.5) is 10.1 Å². The van der Waals surface area contributed by atoms with E-state index >= 15 is 0 Å². The summed E-state index contributed by atoms with van der Waals surface area (Å²) in [5.74, 6) is -0.209. The highest BCUT2D eigenvalue weighted by atomic mass is 32.2. The zero-order chi connectivity index (χ0) is 37.5. The van der Waals surface area contributed by atoms with E-state index in [0.29, 0.717) is 44.8 Å². The lowest BCUT2D eigenvalue weighted by molar-refractivity contribution is 0.0910. The number of hydrogen-bond acceptors (Lipinski definition) is 7. The quantitative estimate of drug-likeness (QED) is 0.121. The van der Waals surface area contributed by atoms with Gasteiger partial charge in [-0.05, 0) is 67.1 Å². The average Bonchev–Trinajstić information content (AvgIpc) is 3.49. The Hall–Kier alpha value is -5.20. The van der Waals surface area contributed by atoms with Crippen molar-refractivity contribution in [2.75, 3.05) is 37.3 Å². The molecule has 10 nitrogen and oxygen atoms in total. The third-order valence-electron chi connectivity index (χ3n) is 7.96. The van der Waals surface area contributed by atoms with Crippen LogP contribution in [0.5, 0.6) is 11.5 Å². The maximum Gasteiger partial charge on any atom is 0.255 e. The summed E-state index contributed by atoms with van der Waals surface area (Å²) in [4.78, 5) is 26.5. The molecule has 270 valence electrons. The molecule has 0 bridgehead atoms. The monoisotopic (exact) mass is 717 g/mol. The van der Waals surface area contributed by atoms with Gasteiger partial charge in [0.05, 0.1) is 17.5 Å². The number of carbonyl (C=O) groups is 2. The topological polar surface area (TPSA) is 138 Å². The largest absolute Gasteiger partial charge is 0.457 e. The van der Waals surface area contributed by atoms with Gasteiger partial charge in [0.1, 0.15) is 28.7 Å². The highest BCUT2D eigenvalue weighted by Crippen LogP contribution is 2.42. The Labute approximate surface area is 298 Å². The van der Waals surface area contributed by atoms with E-state index in [9.17, 15) is 27.5 Å². The Bertz CT molecular complexity index is 2130. The van der Waals surface area contributed by atoms with Crippen molar-refractivity contribution in [2.45, 2.75) is 34.6 Å². The van der Waals surface area contributed by atoms with E-state index in [-0.39, 0.29) is 42.5 Å². The number of halogens is 1. The molecule has 0 unspecified atom stereocenters. The highest BCUT2D eigenvalue weighted by molar-refractivity contribution is 7.92. The SMILES string of the molecule is CC.CCN(c1cc2oc(-c3ccc(Oc4cccc(F)c4)cc3)c(C(=O)NC)c2cc1-c1cccc(C(=O)NCC(C)(C)CO)c1)S(C)(=O)=O. The Morgan fingerprint density at radius 2 is 1.61 bits per heavy atom. The smallest absolute Gasteiger partial charge is 0.255 e. The third-order valence-corrected chi connectivity index (χ3v) is 9.21. The fourth-order valence-corrected chi connectivity index (χ4v) is 6.33. The number of fused-ring (bicyclic) bond motifs is 1. The summed E-state index contributed by atoms with van der Waals surface area (Å²) in [6.45, 7) is 9.60. The number of aliphatic hydroxyl groups excluding tert-OH is 1. The molecule has 0 fully saturated rings. The van der Waals surface area contributed by atoms with Gasteiger partial charge in [-0.25, -0.2) is 12.8 Å². The molecule has 0 aliphatic carbocycles. The van der Waals surface area contributed by atoms with Gasteiger partial charge in [-0.15, -0.1) is 0 Å². The van der Waals surface area contributed by atoms with E-state index in [0.717, 1.165) is 6.26 Å². The van der Waals surface area contributed by atoms with Crippen LogP contribution >= 0.6 is 0 Å². The lowest BCUT2D eigenvalue weighted by Gasteiger charge is -2.24. The molecule has 4 aromatic carbocycles. The van der Waals surface area contributed by atoms with Gasteiger partial charge < -0.3 is 24.9 Å². The maximum absolute atomic E-state index is 13.7. The van der Waals surface area contributed by atoms with Crippen LogP contribution in [-0.4, -0.2) is 58.3 Å². The molecule has 5 rings (SSSR count). The summed E-state index contributed by atoms with van der Waals surface area (Å²) in [6, 6.07) is 22.5. The molecule has 12 heteroatoms. The number of nitrogens with one attached hydrogen (secondary N) is 2. The molecule has 2 amide bonds. The molecule has 0 radical (unpaired) electrons. The minimum Gasteiger partial charge on any atom is -0.457 e. The van der Waals surface area contributed by atoms with Crippen molar-refractivity contribution in [2.24, 2.45) is 5.41 Å². The number of carbonyl (C=O) groups excluding carboxylic acids is 2. The molecule has 0 aliphatic heterocycles. The molecule has 0 aliphatic rings. The minimum atomic E-state index is -3.76. The second kappa shape index (κ2) is 16.2. The lowest BCUT2D eigenvalue weighted by Crippen LogP contribution is -2.36. The van der Waals surface area contributed by atoms with Crippen LogP contribution in [0.2, 0.25) is 0 Å².